The van der Waals surface area contributed by atoms with E-state index >= 15 is 0 Å². The number of nitrogens with two attached hydrogens (primary N) is 1. The van der Waals surface area contributed by atoms with Crippen LogP contribution in [0.1, 0.15) is 48.0 Å². The van der Waals surface area contributed by atoms with E-state index in [0.717, 1.165) is 0 Å². The molecule has 1 saturated carbocycles. The van der Waals surface area contributed by atoms with Crippen LogP contribution < -0.4 is 11.3 Å². The molecule has 1 aromatic carbocycles. The Morgan fingerprint density at radius 1 is 1.40 bits per heavy atom. The number of benzene rings is 1. The average Bonchev–Trinajstić information content (AvgIpc) is 2.49. The summed E-state index contributed by atoms with van der Waals surface area (Å²) < 4.78 is 13.9. The van der Waals surface area contributed by atoms with E-state index in [1.807, 2.05) is 7.05 Å². The van der Waals surface area contributed by atoms with Crippen LogP contribution in [-0.2, 0) is 6.54 Å². The number of halogens is 1. The highest BCUT2D eigenvalue weighted by molar-refractivity contribution is 5.93. The van der Waals surface area contributed by atoms with Crippen LogP contribution in [0.3, 0.4) is 0 Å². The highest BCUT2D eigenvalue weighted by atomic mass is 19.1. The van der Waals surface area contributed by atoms with Gasteiger partial charge in [-0.2, -0.15) is 0 Å². The zero-order chi connectivity index (χ0) is 14.5. The maximum Gasteiger partial charge on any atom is 0.265 e. The molecule has 0 saturated heterocycles. The van der Waals surface area contributed by atoms with Crippen molar-refractivity contribution in [2.24, 2.45) is 5.84 Å². The number of amides is 1. The molecule has 0 aliphatic heterocycles. The minimum absolute atomic E-state index is 0.277. The molecule has 5 heteroatoms. The quantitative estimate of drug-likeness (QED) is 0.504. The normalized spacial score (nSPS) is 16.4. The van der Waals surface area contributed by atoms with E-state index < -0.39 is 5.91 Å². The van der Waals surface area contributed by atoms with E-state index in [2.05, 4.69) is 10.3 Å². The standard InChI is InChI=1S/C15H22FN3O/c1-19(13-5-3-2-4-6-13)10-12-9-11(15(20)18-17)7-8-14(12)16/h7-9,13H,2-6,10,17H2,1H3,(H,18,20). The van der Waals surface area contributed by atoms with Gasteiger partial charge in [-0.15, -0.1) is 0 Å². The molecule has 3 N–H and O–H groups in total. The molecule has 20 heavy (non-hydrogen) atoms. The van der Waals surface area contributed by atoms with Gasteiger partial charge in [-0.05, 0) is 38.1 Å². The van der Waals surface area contributed by atoms with Crippen molar-refractivity contribution < 1.29 is 9.18 Å². The molecule has 0 unspecified atom stereocenters. The Balaban J connectivity index is 2.09. The number of hydrazine groups is 1. The van der Waals surface area contributed by atoms with Crippen LogP contribution in [0.25, 0.3) is 0 Å². The van der Waals surface area contributed by atoms with E-state index in [0.29, 0.717) is 23.7 Å². The monoisotopic (exact) mass is 279 g/mol. The maximum atomic E-state index is 13.9. The molecule has 0 spiro atoms. The van der Waals surface area contributed by atoms with Crippen molar-refractivity contribution in [3.63, 3.8) is 0 Å². The number of nitrogens with one attached hydrogen (secondary N) is 1. The van der Waals surface area contributed by atoms with Gasteiger partial charge >= 0.3 is 0 Å². The van der Waals surface area contributed by atoms with Gasteiger partial charge in [0.15, 0.2) is 0 Å². The Bertz CT molecular complexity index is 472. The summed E-state index contributed by atoms with van der Waals surface area (Å²) in [4.78, 5) is 13.7. The lowest BCUT2D eigenvalue weighted by Gasteiger charge is -2.31. The summed E-state index contributed by atoms with van der Waals surface area (Å²) in [7, 11) is 2.02. The molecule has 1 amide bonds. The number of nitrogen functional groups attached to an aromatic ring is 1. The molecular formula is C15H22FN3O. The Kier molecular flexibility index (Phi) is 5.09. The molecule has 0 bridgehead atoms. The molecule has 1 aliphatic carbocycles. The number of nitrogens with zero attached hydrogens (tertiary/aromatic N) is 1. The third-order valence-corrected chi connectivity index (χ3v) is 4.06. The lowest BCUT2D eigenvalue weighted by molar-refractivity contribution is 0.0953. The van der Waals surface area contributed by atoms with Gasteiger partial charge in [0, 0.05) is 23.7 Å². The van der Waals surface area contributed by atoms with Crippen molar-refractivity contribution in [3.8, 4) is 0 Å². The largest absolute Gasteiger partial charge is 0.299 e. The van der Waals surface area contributed by atoms with Crippen LogP contribution in [0.15, 0.2) is 18.2 Å². The third kappa shape index (κ3) is 3.55. The van der Waals surface area contributed by atoms with E-state index in [1.54, 1.807) is 6.07 Å². The van der Waals surface area contributed by atoms with Crippen LogP contribution in [-0.4, -0.2) is 23.9 Å². The fraction of sp³-hybridized carbons (Fsp3) is 0.533. The number of hydrogen-bond acceptors (Lipinski definition) is 3. The summed E-state index contributed by atoms with van der Waals surface area (Å²) in [6, 6.07) is 4.86. The first kappa shape index (κ1) is 14.9. The summed E-state index contributed by atoms with van der Waals surface area (Å²) in [5, 5.41) is 0. The van der Waals surface area contributed by atoms with Crippen molar-refractivity contribution >= 4 is 5.91 Å². The summed E-state index contributed by atoms with van der Waals surface area (Å²) in [5.74, 6) is 4.43. The molecule has 0 heterocycles. The summed E-state index contributed by atoms with van der Waals surface area (Å²) in [6.45, 7) is 0.516. The Labute approximate surface area is 119 Å². The van der Waals surface area contributed by atoms with Gasteiger partial charge in [0.2, 0.25) is 0 Å². The second-order valence-electron chi connectivity index (χ2n) is 5.49. The smallest absolute Gasteiger partial charge is 0.265 e. The fourth-order valence-electron chi connectivity index (χ4n) is 2.84. The van der Waals surface area contributed by atoms with Gasteiger partial charge in [0.1, 0.15) is 5.82 Å². The minimum atomic E-state index is -0.397. The SMILES string of the molecule is CN(Cc1cc(C(=O)NN)ccc1F)C1CCCCC1. The molecule has 110 valence electrons. The second kappa shape index (κ2) is 6.81. The van der Waals surface area contributed by atoms with Gasteiger partial charge in [0.05, 0.1) is 0 Å². The number of carbonyl (C=O) groups excluding carboxylic acids is 1. The summed E-state index contributed by atoms with van der Waals surface area (Å²) in [6.07, 6.45) is 6.12. The first-order chi connectivity index (χ1) is 9.61. The zero-order valence-corrected chi connectivity index (χ0v) is 11.9. The first-order valence-corrected chi connectivity index (χ1v) is 7.11. The summed E-state index contributed by atoms with van der Waals surface area (Å²) in [5.41, 5.74) is 3.00. The van der Waals surface area contributed by atoms with Gasteiger partial charge < -0.3 is 0 Å². The van der Waals surface area contributed by atoms with Gasteiger partial charge in [-0.1, -0.05) is 19.3 Å². The van der Waals surface area contributed by atoms with Crippen molar-refractivity contribution in [1.29, 1.82) is 0 Å². The van der Waals surface area contributed by atoms with E-state index in [9.17, 15) is 9.18 Å². The van der Waals surface area contributed by atoms with Crippen LogP contribution in [0, 0.1) is 5.82 Å². The van der Waals surface area contributed by atoms with Crippen molar-refractivity contribution in [3.05, 3.63) is 35.1 Å². The Hall–Kier alpha value is -1.46. The van der Waals surface area contributed by atoms with Crippen LogP contribution in [0.2, 0.25) is 0 Å². The molecule has 0 radical (unpaired) electrons. The summed E-state index contributed by atoms with van der Waals surface area (Å²) >= 11 is 0. The Morgan fingerprint density at radius 3 is 2.75 bits per heavy atom. The fourth-order valence-corrected chi connectivity index (χ4v) is 2.84. The molecule has 0 aromatic heterocycles. The number of rotatable bonds is 4. The van der Waals surface area contributed by atoms with Crippen molar-refractivity contribution in [2.45, 2.75) is 44.7 Å². The first-order valence-electron chi connectivity index (χ1n) is 7.11. The lowest BCUT2D eigenvalue weighted by Crippen LogP contribution is -2.33. The maximum absolute atomic E-state index is 13.9. The lowest BCUT2D eigenvalue weighted by atomic mass is 9.94. The van der Waals surface area contributed by atoms with Gasteiger partial charge in [0.25, 0.3) is 5.91 Å². The third-order valence-electron chi connectivity index (χ3n) is 4.06. The highest BCUT2D eigenvalue weighted by Gasteiger charge is 2.19. The van der Waals surface area contributed by atoms with Crippen molar-refractivity contribution in [1.82, 2.24) is 10.3 Å². The van der Waals surface area contributed by atoms with Gasteiger partial charge in [-0.3, -0.25) is 15.1 Å². The predicted octanol–water partition coefficient (Wildman–Crippen LogP) is 2.19. The molecule has 1 aliphatic rings. The van der Waals surface area contributed by atoms with Gasteiger partial charge in [-0.25, -0.2) is 10.2 Å². The van der Waals surface area contributed by atoms with Crippen LogP contribution >= 0.6 is 0 Å². The molecular weight excluding hydrogens is 257 g/mol. The number of hydrogen-bond donors (Lipinski definition) is 2. The Morgan fingerprint density at radius 2 is 2.10 bits per heavy atom. The molecule has 1 aromatic rings. The molecule has 4 nitrogen and oxygen atoms in total. The van der Waals surface area contributed by atoms with E-state index in [-0.39, 0.29) is 5.82 Å². The second-order valence-corrected chi connectivity index (χ2v) is 5.49. The molecule has 2 rings (SSSR count). The zero-order valence-electron chi connectivity index (χ0n) is 11.9. The van der Waals surface area contributed by atoms with E-state index in [1.165, 1.54) is 44.2 Å². The highest BCUT2D eigenvalue weighted by Crippen LogP contribution is 2.23. The molecule has 1 fully saturated rings. The molecule has 0 atom stereocenters. The number of carbonyl (C=O) groups is 1. The van der Waals surface area contributed by atoms with Crippen LogP contribution in [0.4, 0.5) is 4.39 Å². The van der Waals surface area contributed by atoms with Crippen LogP contribution in [0.5, 0.6) is 0 Å². The van der Waals surface area contributed by atoms with Crippen molar-refractivity contribution in [2.75, 3.05) is 7.05 Å². The minimum Gasteiger partial charge on any atom is -0.299 e. The topological polar surface area (TPSA) is 58.4 Å². The van der Waals surface area contributed by atoms with E-state index in [4.69, 9.17) is 5.84 Å². The average molecular weight is 279 g/mol. The predicted molar refractivity (Wildman–Crippen MR) is 76.4 cm³/mol.